The second-order valence-electron chi connectivity index (χ2n) is 10.3. The summed E-state index contributed by atoms with van der Waals surface area (Å²) in [6, 6.07) is 16.8. The van der Waals surface area contributed by atoms with Crippen LogP contribution in [-0.2, 0) is 11.2 Å². The van der Waals surface area contributed by atoms with Crippen molar-refractivity contribution >= 4 is 11.5 Å². The van der Waals surface area contributed by atoms with Gasteiger partial charge in [0.25, 0.3) is 0 Å². The molecule has 42 heavy (non-hydrogen) atoms. The van der Waals surface area contributed by atoms with Crippen LogP contribution >= 0.6 is 0 Å². The Morgan fingerprint density at radius 2 is 1.62 bits per heavy atom. The first-order valence-corrected chi connectivity index (χ1v) is 14.6. The predicted molar refractivity (Wildman–Crippen MR) is 177 cm³/mol. The van der Waals surface area contributed by atoms with E-state index in [0.29, 0.717) is 17.3 Å². The van der Waals surface area contributed by atoms with E-state index in [-0.39, 0.29) is 22.9 Å². The first-order valence-electron chi connectivity index (χ1n) is 14.6. The van der Waals surface area contributed by atoms with Crippen LogP contribution in [0.25, 0.3) is 0 Å². The fourth-order valence-corrected chi connectivity index (χ4v) is 3.69. The number of aliphatic imine (C=N–C) groups is 1. The maximum Gasteiger partial charge on any atom is 0.190 e. The number of nitrogens with one attached hydrogen (secondary N) is 1. The van der Waals surface area contributed by atoms with Gasteiger partial charge in [0.15, 0.2) is 5.78 Å². The van der Waals surface area contributed by atoms with Crippen molar-refractivity contribution in [3.8, 4) is 0 Å². The van der Waals surface area contributed by atoms with Gasteiger partial charge in [-0.05, 0) is 95.3 Å². The molecule has 0 fully saturated rings. The molecular formula is C35H50FN5O. The smallest absolute Gasteiger partial charge is 0.190 e. The summed E-state index contributed by atoms with van der Waals surface area (Å²) in [5.41, 5.74) is 15.7. The number of nitrogens with two attached hydrogens (primary N) is 2. The number of ketones is 1. The molecule has 5 N–H and O–H groups in total. The molecule has 0 saturated heterocycles. The van der Waals surface area contributed by atoms with E-state index in [0.717, 1.165) is 31.6 Å². The van der Waals surface area contributed by atoms with Crippen LogP contribution in [0.1, 0.15) is 52.7 Å². The summed E-state index contributed by atoms with van der Waals surface area (Å²) in [7, 11) is 2.15. The number of carbonyl (C=O) groups is 1. The van der Waals surface area contributed by atoms with Gasteiger partial charge in [0, 0.05) is 30.4 Å². The number of hydrogen-bond acceptors (Lipinski definition) is 6. The van der Waals surface area contributed by atoms with Crippen molar-refractivity contribution in [3.05, 3.63) is 119 Å². The average molecular weight is 576 g/mol. The molecule has 2 aromatic carbocycles. The van der Waals surface area contributed by atoms with Gasteiger partial charge < -0.3 is 21.7 Å². The van der Waals surface area contributed by atoms with Crippen LogP contribution in [-0.4, -0.2) is 55.3 Å². The van der Waals surface area contributed by atoms with Crippen molar-refractivity contribution in [1.82, 2.24) is 10.2 Å². The number of benzene rings is 2. The lowest BCUT2D eigenvalue weighted by Gasteiger charge is -2.20. The van der Waals surface area contributed by atoms with E-state index in [1.165, 1.54) is 23.8 Å². The Labute approximate surface area is 252 Å². The third-order valence-electron chi connectivity index (χ3n) is 6.35. The number of nitrogens with zero attached hydrogens (tertiary/aromatic N) is 2. The fourth-order valence-electron chi connectivity index (χ4n) is 3.69. The molecule has 3 rings (SSSR count). The Morgan fingerprint density at radius 3 is 2.14 bits per heavy atom. The van der Waals surface area contributed by atoms with Crippen LogP contribution in [0.3, 0.4) is 0 Å². The van der Waals surface area contributed by atoms with Gasteiger partial charge >= 0.3 is 0 Å². The molecule has 0 spiro atoms. The van der Waals surface area contributed by atoms with E-state index in [2.05, 4.69) is 74.2 Å². The number of rotatable bonds is 9. The van der Waals surface area contributed by atoms with Gasteiger partial charge in [-0.2, -0.15) is 0 Å². The lowest BCUT2D eigenvalue weighted by molar-refractivity contribution is -0.110. The summed E-state index contributed by atoms with van der Waals surface area (Å²) in [5, 5.41) is 3.29. The summed E-state index contributed by atoms with van der Waals surface area (Å²) < 4.78 is 13.2. The normalized spacial score (nSPS) is 18.8. The molecule has 0 saturated carbocycles. The zero-order valence-electron chi connectivity index (χ0n) is 26.4. The number of allylic oxidation sites excluding steroid dienone is 7. The maximum atomic E-state index is 13.2. The third-order valence-corrected chi connectivity index (χ3v) is 6.35. The van der Waals surface area contributed by atoms with Crippen LogP contribution in [0.2, 0.25) is 0 Å². The SMILES string of the molecule is CC1=C\C(N)=C(\C(=N/C(C)N)c2ccc(F)cc2)C(=O)/C=C/C=C\1.CCNCCN(C)C(C)C.CCc1ccccc1. The number of hydrogen-bond donors (Lipinski definition) is 3. The van der Waals surface area contributed by atoms with Crippen LogP contribution < -0.4 is 16.8 Å². The van der Waals surface area contributed by atoms with Crippen molar-refractivity contribution < 1.29 is 9.18 Å². The van der Waals surface area contributed by atoms with Crippen molar-refractivity contribution in [3.63, 3.8) is 0 Å². The third kappa shape index (κ3) is 14.3. The van der Waals surface area contributed by atoms with Crippen molar-refractivity contribution in [2.45, 2.75) is 60.2 Å². The van der Waals surface area contributed by atoms with Gasteiger partial charge in [-0.25, -0.2) is 4.39 Å². The standard InChI is InChI=1S/C19H20FN3O.C8H20N2.C8H10/c1-12-5-3-4-6-17(24)18(16(22)11-12)19(23-13(2)21)14-7-9-15(20)10-8-14;1-5-9-6-7-10(4)8(2)3;1-2-8-6-4-3-5-7-8/h3-11,13H,21-22H2,1-2H3;8-9H,5-7H2,1-4H3;3-7H,2H2,1H3/b5-3-,6-4+,12-11+,18-16-,23-19-;;. The van der Waals surface area contributed by atoms with E-state index in [9.17, 15) is 9.18 Å². The molecule has 7 heteroatoms. The first-order chi connectivity index (χ1) is 20.0. The van der Waals surface area contributed by atoms with Crippen molar-refractivity contribution in [2.24, 2.45) is 16.5 Å². The largest absolute Gasteiger partial charge is 0.398 e. The van der Waals surface area contributed by atoms with E-state index in [1.54, 1.807) is 37.3 Å². The highest BCUT2D eigenvalue weighted by Crippen LogP contribution is 2.18. The van der Waals surface area contributed by atoms with E-state index < -0.39 is 6.17 Å². The average Bonchev–Trinajstić information content (AvgIpc) is 3.02. The molecule has 0 aliphatic heterocycles. The predicted octanol–water partition coefficient (Wildman–Crippen LogP) is 5.96. The first kappa shape index (κ1) is 36.4. The monoisotopic (exact) mass is 575 g/mol. The molecule has 6 nitrogen and oxygen atoms in total. The van der Waals surface area contributed by atoms with Crippen molar-refractivity contribution in [2.75, 3.05) is 26.7 Å². The van der Waals surface area contributed by atoms with Gasteiger partial charge in [0.2, 0.25) is 0 Å². The van der Waals surface area contributed by atoms with Crippen LogP contribution in [0.4, 0.5) is 4.39 Å². The maximum absolute atomic E-state index is 13.2. The van der Waals surface area contributed by atoms with Gasteiger partial charge in [0.05, 0.1) is 17.5 Å². The highest BCUT2D eigenvalue weighted by Gasteiger charge is 2.20. The van der Waals surface area contributed by atoms with Crippen molar-refractivity contribution in [1.29, 1.82) is 0 Å². The molecule has 0 aromatic heterocycles. The molecule has 1 atom stereocenters. The molecule has 0 bridgehead atoms. The summed E-state index contributed by atoms with van der Waals surface area (Å²) in [4.78, 5) is 19.3. The lowest BCUT2D eigenvalue weighted by atomic mass is 9.96. The highest BCUT2D eigenvalue weighted by molar-refractivity contribution is 6.32. The Morgan fingerprint density at radius 1 is 1.00 bits per heavy atom. The quantitative estimate of drug-likeness (QED) is 0.253. The van der Waals surface area contributed by atoms with E-state index in [1.807, 2.05) is 19.1 Å². The molecule has 1 aliphatic rings. The number of likely N-dealkylation sites (N-methyl/N-ethyl adjacent to an activating group) is 2. The van der Waals surface area contributed by atoms with Crippen LogP contribution in [0.5, 0.6) is 0 Å². The number of aryl methyl sites for hydroxylation is 1. The van der Waals surface area contributed by atoms with Gasteiger partial charge in [-0.1, -0.05) is 62.4 Å². The summed E-state index contributed by atoms with van der Waals surface area (Å²) >= 11 is 0. The van der Waals surface area contributed by atoms with E-state index in [4.69, 9.17) is 11.5 Å². The Hall–Kier alpha value is -3.65. The minimum atomic E-state index is -0.544. The number of carbonyl (C=O) groups excluding carboxylic acids is 1. The van der Waals surface area contributed by atoms with Gasteiger partial charge in [-0.3, -0.25) is 9.79 Å². The number of halogens is 1. The summed E-state index contributed by atoms with van der Waals surface area (Å²) in [6.45, 7) is 15.6. The Kier molecular flexibility index (Phi) is 17.6. The zero-order chi connectivity index (χ0) is 31.5. The second-order valence-corrected chi connectivity index (χ2v) is 10.3. The molecule has 2 aromatic rings. The zero-order valence-corrected chi connectivity index (χ0v) is 26.4. The molecule has 1 aliphatic carbocycles. The summed E-state index contributed by atoms with van der Waals surface area (Å²) in [6.07, 6.45) is 8.98. The molecule has 228 valence electrons. The Bertz CT molecular complexity index is 1230. The molecule has 0 heterocycles. The van der Waals surface area contributed by atoms with E-state index >= 15 is 0 Å². The van der Waals surface area contributed by atoms with Crippen LogP contribution in [0.15, 0.2) is 107 Å². The van der Waals surface area contributed by atoms with Gasteiger partial charge in [0.1, 0.15) is 5.82 Å². The molecular weight excluding hydrogens is 525 g/mol. The Balaban J connectivity index is 0.000000400. The van der Waals surface area contributed by atoms with Gasteiger partial charge in [-0.15, -0.1) is 0 Å². The minimum absolute atomic E-state index is 0.248. The second kappa shape index (κ2) is 20.3. The lowest BCUT2D eigenvalue weighted by Crippen LogP contribution is -2.33. The molecule has 0 radical (unpaired) electrons. The molecule has 1 unspecified atom stereocenters. The fraction of sp³-hybridized carbons (Fsp3) is 0.371. The topological polar surface area (TPSA) is 96.7 Å². The van der Waals surface area contributed by atoms with Crippen LogP contribution in [0, 0.1) is 5.82 Å². The summed E-state index contributed by atoms with van der Waals surface area (Å²) in [5.74, 6) is -0.659. The minimum Gasteiger partial charge on any atom is -0.398 e. The molecule has 0 amide bonds. The highest BCUT2D eigenvalue weighted by atomic mass is 19.1.